The Balaban J connectivity index is 1.52. The fraction of sp³-hybridized carbons (Fsp3) is 0.333. The molecule has 0 N–H and O–H groups in total. The first-order chi connectivity index (χ1) is 16.0. The first-order valence-electron chi connectivity index (χ1n) is 10.6. The summed E-state index contributed by atoms with van der Waals surface area (Å²) in [4.78, 5) is 27.0. The first kappa shape index (κ1) is 22.6. The molecule has 1 saturated heterocycles. The van der Waals surface area contributed by atoms with Crippen LogP contribution in [0.2, 0.25) is 0 Å². The highest BCUT2D eigenvalue weighted by Gasteiger charge is 2.25. The molecule has 3 aromatic rings. The fourth-order valence-electron chi connectivity index (χ4n) is 3.90. The van der Waals surface area contributed by atoms with Gasteiger partial charge in [-0.2, -0.15) is 5.26 Å². The van der Waals surface area contributed by atoms with E-state index in [4.69, 9.17) is 9.47 Å². The van der Waals surface area contributed by atoms with Crippen LogP contribution in [-0.4, -0.2) is 61.2 Å². The molecular formula is C24H25N5O3S. The van der Waals surface area contributed by atoms with E-state index in [1.807, 2.05) is 30.0 Å². The molecule has 0 unspecified atom stereocenters. The molecule has 0 bridgehead atoms. The number of anilines is 1. The maximum absolute atomic E-state index is 13.4. The minimum absolute atomic E-state index is 0.0138. The lowest BCUT2D eigenvalue weighted by Crippen LogP contribution is -2.35. The highest BCUT2D eigenvalue weighted by Crippen LogP contribution is 2.35. The third-order valence-electron chi connectivity index (χ3n) is 5.61. The molecule has 0 saturated carbocycles. The molecule has 33 heavy (non-hydrogen) atoms. The van der Waals surface area contributed by atoms with Crippen LogP contribution in [0.3, 0.4) is 0 Å². The Morgan fingerprint density at radius 1 is 1.12 bits per heavy atom. The van der Waals surface area contributed by atoms with Crippen molar-refractivity contribution in [1.29, 1.82) is 5.26 Å². The third kappa shape index (κ3) is 4.61. The summed E-state index contributed by atoms with van der Waals surface area (Å²) in [6.07, 6.45) is 2.49. The Morgan fingerprint density at radius 3 is 2.70 bits per heavy atom. The number of ether oxygens (including phenoxy) is 2. The van der Waals surface area contributed by atoms with Gasteiger partial charge in [0.2, 0.25) is 0 Å². The molecule has 0 atom stereocenters. The summed E-state index contributed by atoms with van der Waals surface area (Å²) in [5, 5.41) is 10.2. The van der Waals surface area contributed by atoms with Crippen molar-refractivity contribution in [2.45, 2.75) is 13.3 Å². The molecule has 0 spiro atoms. The SMILES string of the molecule is COc1ccc(-c2nc(C)c(C(=O)N3CCCN(c4ncccc4C#N)CC3)s2)cc1OC. The zero-order valence-corrected chi connectivity index (χ0v) is 19.7. The minimum Gasteiger partial charge on any atom is -0.493 e. The number of aromatic nitrogens is 2. The quantitative estimate of drug-likeness (QED) is 0.569. The molecule has 1 aromatic carbocycles. The number of hydrogen-bond donors (Lipinski definition) is 0. The number of nitrogens with zero attached hydrogens (tertiary/aromatic N) is 5. The Hall–Kier alpha value is -3.64. The van der Waals surface area contributed by atoms with Crippen molar-refractivity contribution in [3.05, 3.63) is 52.7 Å². The second-order valence-electron chi connectivity index (χ2n) is 7.62. The van der Waals surface area contributed by atoms with Gasteiger partial charge in [0.1, 0.15) is 21.8 Å². The Labute approximate surface area is 197 Å². The van der Waals surface area contributed by atoms with Crippen LogP contribution in [0.25, 0.3) is 10.6 Å². The molecule has 4 rings (SSSR count). The summed E-state index contributed by atoms with van der Waals surface area (Å²) in [5.74, 6) is 1.93. The van der Waals surface area contributed by atoms with Crippen LogP contribution in [-0.2, 0) is 0 Å². The number of nitriles is 1. The van der Waals surface area contributed by atoms with Gasteiger partial charge in [0, 0.05) is 37.9 Å². The first-order valence-corrected chi connectivity index (χ1v) is 11.5. The number of amides is 1. The molecule has 9 heteroatoms. The van der Waals surface area contributed by atoms with Crippen LogP contribution in [0.4, 0.5) is 5.82 Å². The monoisotopic (exact) mass is 463 g/mol. The summed E-state index contributed by atoms with van der Waals surface area (Å²) >= 11 is 1.39. The number of methoxy groups -OCH3 is 2. The molecule has 170 valence electrons. The van der Waals surface area contributed by atoms with Gasteiger partial charge in [0.15, 0.2) is 11.5 Å². The largest absolute Gasteiger partial charge is 0.493 e. The van der Waals surface area contributed by atoms with E-state index >= 15 is 0 Å². The molecule has 3 heterocycles. The Kier molecular flexibility index (Phi) is 6.75. The maximum atomic E-state index is 13.4. The van der Waals surface area contributed by atoms with Crippen LogP contribution < -0.4 is 14.4 Å². The zero-order chi connectivity index (χ0) is 23.4. The van der Waals surface area contributed by atoms with Gasteiger partial charge in [0.05, 0.1) is 25.5 Å². The van der Waals surface area contributed by atoms with Crippen molar-refractivity contribution in [3.63, 3.8) is 0 Å². The summed E-state index contributed by atoms with van der Waals surface area (Å²) in [5.41, 5.74) is 2.14. The van der Waals surface area contributed by atoms with Gasteiger partial charge in [-0.15, -0.1) is 11.3 Å². The molecule has 1 aliphatic rings. The second-order valence-corrected chi connectivity index (χ2v) is 8.62. The molecule has 1 amide bonds. The number of carbonyl (C=O) groups is 1. The molecule has 2 aromatic heterocycles. The minimum atomic E-state index is -0.0138. The summed E-state index contributed by atoms with van der Waals surface area (Å²) < 4.78 is 10.7. The van der Waals surface area contributed by atoms with Crippen molar-refractivity contribution in [2.24, 2.45) is 0 Å². The molecular weight excluding hydrogens is 438 g/mol. The number of carbonyl (C=O) groups excluding carboxylic acids is 1. The summed E-state index contributed by atoms with van der Waals surface area (Å²) in [6, 6.07) is 11.4. The lowest BCUT2D eigenvalue weighted by atomic mass is 10.2. The third-order valence-corrected chi connectivity index (χ3v) is 6.81. The molecule has 1 fully saturated rings. The zero-order valence-electron chi connectivity index (χ0n) is 18.9. The van der Waals surface area contributed by atoms with E-state index < -0.39 is 0 Å². The number of benzene rings is 1. The lowest BCUT2D eigenvalue weighted by molar-refractivity contribution is 0.0771. The van der Waals surface area contributed by atoms with E-state index in [9.17, 15) is 10.1 Å². The van der Waals surface area contributed by atoms with Crippen molar-refractivity contribution in [3.8, 4) is 28.1 Å². The van der Waals surface area contributed by atoms with Crippen LogP contribution in [0.15, 0.2) is 36.5 Å². The van der Waals surface area contributed by atoms with Crippen LogP contribution >= 0.6 is 11.3 Å². The molecule has 1 aliphatic heterocycles. The number of aryl methyl sites for hydroxylation is 1. The Bertz CT molecular complexity index is 1200. The van der Waals surface area contributed by atoms with Gasteiger partial charge >= 0.3 is 0 Å². The molecule has 8 nitrogen and oxygen atoms in total. The lowest BCUT2D eigenvalue weighted by Gasteiger charge is -2.23. The van der Waals surface area contributed by atoms with Crippen molar-refractivity contribution in [1.82, 2.24) is 14.9 Å². The number of rotatable bonds is 5. The standard InChI is InChI=1S/C24H25N5O3S/c1-16-21(33-23(27-16)17-7-8-19(31-2)20(14-17)32-3)24(30)29-11-5-10-28(12-13-29)22-18(15-25)6-4-9-26-22/h4,6-9,14H,5,10-13H2,1-3H3. The van der Waals surface area contributed by atoms with E-state index in [1.54, 1.807) is 32.5 Å². The van der Waals surface area contributed by atoms with Gasteiger partial charge in [0.25, 0.3) is 5.91 Å². The number of pyridine rings is 1. The van der Waals surface area contributed by atoms with Crippen molar-refractivity contribution >= 4 is 23.1 Å². The normalized spacial score (nSPS) is 13.9. The fourth-order valence-corrected chi connectivity index (χ4v) is 4.93. The van der Waals surface area contributed by atoms with Gasteiger partial charge < -0.3 is 19.3 Å². The predicted molar refractivity (Wildman–Crippen MR) is 127 cm³/mol. The highest BCUT2D eigenvalue weighted by atomic mass is 32.1. The van der Waals surface area contributed by atoms with Gasteiger partial charge in [-0.25, -0.2) is 9.97 Å². The average Bonchev–Trinajstić information content (AvgIpc) is 3.08. The van der Waals surface area contributed by atoms with Crippen LogP contribution in [0.5, 0.6) is 11.5 Å². The topological polar surface area (TPSA) is 91.6 Å². The highest BCUT2D eigenvalue weighted by molar-refractivity contribution is 7.17. The molecule has 0 radical (unpaired) electrons. The smallest absolute Gasteiger partial charge is 0.265 e. The summed E-state index contributed by atoms with van der Waals surface area (Å²) in [6.45, 7) is 4.44. The van der Waals surface area contributed by atoms with Gasteiger partial charge in [-0.1, -0.05) is 0 Å². The van der Waals surface area contributed by atoms with E-state index in [2.05, 4.69) is 20.9 Å². The van der Waals surface area contributed by atoms with E-state index in [1.165, 1.54) is 11.3 Å². The maximum Gasteiger partial charge on any atom is 0.265 e. The van der Waals surface area contributed by atoms with E-state index in [0.29, 0.717) is 53.1 Å². The average molecular weight is 464 g/mol. The van der Waals surface area contributed by atoms with E-state index in [0.717, 1.165) is 23.5 Å². The second kappa shape index (κ2) is 9.88. The van der Waals surface area contributed by atoms with Crippen molar-refractivity contribution < 1.29 is 14.3 Å². The van der Waals surface area contributed by atoms with Gasteiger partial charge in [-0.3, -0.25) is 4.79 Å². The molecule has 0 aliphatic carbocycles. The van der Waals surface area contributed by atoms with Crippen LogP contribution in [0, 0.1) is 18.3 Å². The van der Waals surface area contributed by atoms with Gasteiger partial charge in [-0.05, 0) is 43.7 Å². The predicted octanol–water partition coefficient (Wildman–Crippen LogP) is 3.75. The van der Waals surface area contributed by atoms with Crippen molar-refractivity contribution in [2.75, 3.05) is 45.3 Å². The Morgan fingerprint density at radius 2 is 1.94 bits per heavy atom. The number of thiazole rings is 1. The number of hydrogen-bond acceptors (Lipinski definition) is 8. The summed E-state index contributed by atoms with van der Waals surface area (Å²) in [7, 11) is 3.19. The van der Waals surface area contributed by atoms with E-state index in [-0.39, 0.29) is 5.91 Å². The van der Waals surface area contributed by atoms with Crippen LogP contribution in [0.1, 0.15) is 27.3 Å².